The molecule has 0 bridgehead atoms. The minimum Gasteiger partial charge on any atom is -0.437 e. The average Bonchev–Trinajstić information content (AvgIpc) is 3.81. The van der Waals surface area contributed by atoms with Gasteiger partial charge in [-0.25, -0.2) is 4.98 Å². The van der Waals surface area contributed by atoms with Gasteiger partial charge >= 0.3 is 0 Å². The number of fused-ring (bicyclic) bond motifs is 10. The third-order valence-corrected chi connectivity index (χ3v) is 9.93. The minimum absolute atomic E-state index is 0.568. The van der Waals surface area contributed by atoms with Crippen LogP contribution in [0.15, 0.2) is 162 Å². The lowest BCUT2D eigenvalue weighted by atomic mass is 10.0. The van der Waals surface area contributed by atoms with E-state index in [9.17, 15) is 0 Å². The zero-order chi connectivity index (χ0) is 32.1. The van der Waals surface area contributed by atoms with Crippen LogP contribution in [-0.2, 0) is 0 Å². The predicted octanol–water partition coefficient (Wildman–Crippen LogP) is 11.4. The maximum absolute atomic E-state index is 6.64. The Bertz CT molecular complexity index is 3060. The first-order valence-electron chi connectivity index (χ1n) is 16.5. The molecule has 0 unspecified atom stereocenters. The van der Waals surface area contributed by atoms with Gasteiger partial charge in [-0.3, -0.25) is 4.57 Å². The Balaban J connectivity index is 1.26. The highest BCUT2D eigenvalue weighted by molar-refractivity contribution is 6.16. The molecule has 0 atom stereocenters. The monoisotopic (exact) mass is 626 g/mol. The van der Waals surface area contributed by atoms with Crippen molar-refractivity contribution in [3.8, 4) is 22.9 Å². The van der Waals surface area contributed by atoms with Crippen LogP contribution in [0.25, 0.3) is 99.3 Å². The molecule has 49 heavy (non-hydrogen) atoms. The van der Waals surface area contributed by atoms with Crippen molar-refractivity contribution in [3.05, 3.63) is 158 Å². The molecule has 4 heterocycles. The molecule has 11 rings (SSSR count). The fourth-order valence-electron chi connectivity index (χ4n) is 7.77. The maximum Gasteiger partial charge on any atom is 0.238 e. The van der Waals surface area contributed by atoms with E-state index >= 15 is 0 Å². The topological polar surface area (TPSA) is 48.8 Å². The van der Waals surface area contributed by atoms with Crippen molar-refractivity contribution in [2.75, 3.05) is 0 Å². The lowest BCUT2D eigenvalue weighted by Gasteiger charge is -2.10. The molecule has 0 amide bonds. The Hall–Kier alpha value is -6.72. The van der Waals surface area contributed by atoms with Crippen LogP contribution in [0.5, 0.6) is 0 Å². The molecule has 0 aliphatic heterocycles. The molecule has 7 aromatic carbocycles. The zero-order valence-electron chi connectivity index (χ0n) is 26.2. The molecular formula is C44H26N4O. The van der Waals surface area contributed by atoms with E-state index in [0.717, 1.165) is 71.4 Å². The summed E-state index contributed by atoms with van der Waals surface area (Å²) in [6.07, 6.45) is 0. The minimum atomic E-state index is 0.568. The van der Waals surface area contributed by atoms with E-state index < -0.39 is 0 Å². The standard InChI is InChI=1S/C44H26N4O/c1-2-14-30(15-3-1)47-36-19-9-8-18-33(36)34-25-29(22-23-39(34)47)42-41-35-24-27-12-4-5-13-28(27)26-40(35)49-43(41)46-44(45-42)48-37-20-10-6-16-31(37)32-17-7-11-21-38(32)48/h1-26H. The van der Waals surface area contributed by atoms with Gasteiger partial charge in [-0.05, 0) is 65.4 Å². The van der Waals surface area contributed by atoms with Crippen molar-refractivity contribution in [1.82, 2.24) is 19.1 Å². The van der Waals surface area contributed by atoms with Crippen LogP contribution in [0.2, 0.25) is 0 Å². The summed E-state index contributed by atoms with van der Waals surface area (Å²) in [5, 5.41) is 8.88. The van der Waals surface area contributed by atoms with Gasteiger partial charge in [0, 0.05) is 38.2 Å². The lowest BCUT2D eigenvalue weighted by molar-refractivity contribution is 0.652. The maximum atomic E-state index is 6.64. The van der Waals surface area contributed by atoms with Gasteiger partial charge in [0.25, 0.3) is 0 Å². The van der Waals surface area contributed by atoms with E-state index in [-0.39, 0.29) is 0 Å². The van der Waals surface area contributed by atoms with Gasteiger partial charge in [0.2, 0.25) is 11.7 Å². The average molecular weight is 627 g/mol. The van der Waals surface area contributed by atoms with Gasteiger partial charge in [-0.2, -0.15) is 4.98 Å². The fraction of sp³-hybridized carbons (Fsp3) is 0. The molecule has 0 N–H and O–H groups in total. The highest BCUT2D eigenvalue weighted by Crippen LogP contribution is 2.41. The first kappa shape index (κ1) is 26.4. The van der Waals surface area contributed by atoms with E-state index in [1.54, 1.807) is 0 Å². The second kappa shape index (κ2) is 9.89. The van der Waals surface area contributed by atoms with E-state index in [4.69, 9.17) is 14.4 Å². The third kappa shape index (κ3) is 3.75. The van der Waals surface area contributed by atoms with Crippen LogP contribution >= 0.6 is 0 Å². The summed E-state index contributed by atoms with van der Waals surface area (Å²) in [7, 11) is 0. The van der Waals surface area contributed by atoms with Gasteiger partial charge in [0.1, 0.15) is 5.58 Å². The molecule has 228 valence electrons. The van der Waals surface area contributed by atoms with Crippen LogP contribution in [0, 0.1) is 0 Å². The van der Waals surface area contributed by atoms with Gasteiger partial charge < -0.3 is 8.98 Å². The van der Waals surface area contributed by atoms with Crippen molar-refractivity contribution >= 4 is 76.5 Å². The Kier molecular flexibility index (Phi) is 5.32. The number of benzene rings is 7. The van der Waals surface area contributed by atoms with Gasteiger partial charge in [-0.15, -0.1) is 0 Å². The summed E-state index contributed by atoms with van der Waals surface area (Å²) >= 11 is 0. The van der Waals surface area contributed by atoms with E-state index in [2.05, 4.69) is 167 Å². The highest BCUT2D eigenvalue weighted by atomic mass is 16.3. The molecule has 0 aliphatic carbocycles. The summed E-state index contributed by atoms with van der Waals surface area (Å²) in [6.45, 7) is 0. The summed E-state index contributed by atoms with van der Waals surface area (Å²) in [6, 6.07) is 55.5. The van der Waals surface area contributed by atoms with Crippen LogP contribution in [0.1, 0.15) is 0 Å². The summed E-state index contributed by atoms with van der Waals surface area (Å²) < 4.78 is 11.1. The van der Waals surface area contributed by atoms with Crippen molar-refractivity contribution in [1.29, 1.82) is 0 Å². The number of rotatable bonds is 3. The smallest absolute Gasteiger partial charge is 0.238 e. The molecule has 4 aromatic heterocycles. The fourth-order valence-corrected chi connectivity index (χ4v) is 7.77. The summed E-state index contributed by atoms with van der Waals surface area (Å²) in [4.78, 5) is 10.6. The molecule has 0 saturated heterocycles. The predicted molar refractivity (Wildman–Crippen MR) is 201 cm³/mol. The first-order valence-corrected chi connectivity index (χ1v) is 16.5. The van der Waals surface area contributed by atoms with Gasteiger partial charge in [-0.1, -0.05) is 103 Å². The van der Waals surface area contributed by atoms with Crippen molar-refractivity contribution in [2.45, 2.75) is 0 Å². The van der Waals surface area contributed by atoms with Crippen molar-refractivity contribution < 1.29 is 4.42 Å². The quantitative estimate of drug-likeness (QED) is 0.196. The van der Waals surface area contributed by atoms with Crippen molar-refractivity contribution in [3.63, 3.8) is 0 Å². The van der Waals surface area contributed by atoms with E-state index in [1.165, 1.54) is 16.3 Å². The molecule has 0 fully saturated rings. The van der Waals surface area contributed by atoms with Crippen LogP contribution < -0.4 is 0 Å². The van der Waals surface area contributed by atoms with Gasteiger partial charge in [0.05, 0.1) is 33.1 Å². The molecule has 0 spiro atoms. The van der Waals surface area contributed by atoms with Gasteiger partial charge in [0.15, 0.2) is 0 Å². The SMILES string of the molecule is c1ccc(-n2c3ccccc3c3cc(-c4nc(-n5c6ccccc6c6ccccc65)nc5oc6cc7ccccc7cc6c45)ccc32)cc1. The van der Waals surface area contributed by atoms with Crippen LogP contribution in [0.4, 0.5) is 0 Å². The lowest BCUT2D eigenvalue weighted by Crippen LogP contribution is -2.02. The Morgan fingerprint density at radius 1 is 0.429 bits per heavy atom. The molecule has 0 aliphatic rings. The Morgan fingerprint density at radius 3 is 1.71 bits per heavy atom. The largest absolute Gasteiger partial charge is 0.437 e. The Morgan fingerprint density at radius 2 is 1.00 bits per heavy atom. The third-order valence-electron chi connectivity index (χ3n) is 9.93. The Labute approximate surface area is 279 Å². The molecule has 0 saturated carbocycles. The molecule has 0 radical (unpaired) electrons. The van der Waals surface area contributed by atoms with Crippen LogP contribution in [-0.4, -0.2) is 19.1 Å². The molecule has 5 nitrogen and oxygen atoms in total. The second-order valence-electron chi connectivity index (χ2n) is 12.6. The second-order valence-corrected chi connectivity index (χ2v) is 12.6. The van der Waals surface area contributed by atoms with Crippen molar-refractivity contribution in [2.24, 2.45) is 0 Å². The molecule has 11 aromatic rings. The van der Waals surface area contributed by atoms with Crippen LogP contribution in [0.3, 0.4) is 0 Å². The number of furan rings is 1. The van der Waals surface area contributed by atoms with E-state index in [1.807, 2.05) is 0 Å². The first-order chi connectivity index (χ1) is 24.3. The summed E-state index contributed by atoms with van der Waals surface area (Å²) in [5.41, 5.74) is 8.76. The molecular weight excluding hydrogens is 601 g/mol. The number of hydrogen-bond acceptors (Lipinski definition) is 3. The molecule has 5 heteroatoms. The summed E-state index contributed by atoms with van der Waals surface area (Å²) in [5.74, 6) is 0.579. The normalized spacial score (nSPS) is 12.1. The number of nitrogens with zero attached hydrogens (tertiary/aromatic N) is 4. The highest BCUT2D eigenvalue weighted by Gasteiger charge is 2.22. The van der Waals surface area contributed by atoms with E-state index in [0.29, 0.717) is 11.7 Å². The number of aromatic nitrogens is 4. The number of para-hydroxylation sites is 4. The zero-order valence-corrected chi connectivity index (χ0v) is 26.2. The number of hydrogen-bond donors (Lipinski definition) is 0.